The number of anilines is 1. The molecule has 2 amide bonds. The van der Waals surface area contributed by atoms with Crippen molar-refractivity contribution < 1.29 is 22.8 Å². The molecular formula is C18H13BrF3N3O2. The molecule has 1 heterocycles. The molecule has 0 atom stereocenters. The van der Waals surface area contributed by atoms with E-state index in [1.54, 1.807) is 11.4 Å². The first-order chi connectivity index (χ1) is 12.7. The second-order valence-corrected chi connectivity index (χ2v) is 6.66. The van der Waals surface area contributed by atoms with E-state index in [0.717, 1.165) is 15.4 Å². The minimum atomic E-state index is -4.47. The van der Waals surface area contributed by atoms with Crippen molar-refractivity contribution in [2.45, 2.75) is 6.18 Å². The molecule has 0 aliphatic rings. The van der Waals surface area contributed by atoms with E-state index in [4.69, 9.17) is 0 Å². The van der Waals surface area contributed by atoms with E-state index >= 15 is 0 Å². The van der Waals surface area contributed by atoms with Crippen LogP contribution >= 0.6 is 15.9 Å². The smallest absolute Gasteiger partial charge is 0.350 e. The van der Waals surface area contributed by atoms with Gasteiger partial charge in [0.15, 0.2) is 0 Å². The van der Waals surface area contributed by atoms with Crippen LogP contribution in [0.15, 0.2) is 53.0 Å². The van der Waals surface area contributed by atoms with Crippen molar-refractivity contribution in [2.24, 2.45) is 0 Å². The fraction of sp³-hybridized carbons (Fsp3) is 0.111. The summed E-state index contributed by atoms with van der Waals surface area (Å²) < 4.78 is 37.3. The van der Waals surface area contributed by atoms with Gasteiger partial charge in [-0.2, -0.15) is 13.2 Å². The van der Waals surface area contributed by atoms with Gasteiger partial charge in [0.25, 0.3) is 11.8 Å². The Morgan fingerprint density at radius 3 is 2.37 bits per heavy atom. The van der Waals surface area contributed by atoms with Gasteiger partial charge in [0.05, 0.1) is 0 Å². The number of benzene rings is 2. The van der Waals surface area contributed by atoms with E-state index in [1.807, 2.05) is 18.2 Å². The van der Waals surface area contributed by atoms with Gasteiger partial charge in [-0.15, -0.1) is 0 Å². The maximum Gasteiger partial charge on any atom is 0.405 e. The van der Waals surface area contributed by atoms with Crippen LogP contribution in [0.2, 0.25) is 0 Å². The SMILES string of the molecule is O=C(NCC(F)(F)F)c1ccc(NC(=O)c2cc3ccc(Br)cc3[nH]2)cc1. The van der Waals surface area contributed by atoms with Crippen molar-refractivity contribution in [3.8, 4) is 0 Å². The molecule has 27 heavy (non-hydrogen) atoms. The summed E-state index contributed by atoms with van der Waals surface area (Å²) in [7, 11) is 0. The van der Waals surface area contributed by atoms with Crippen molar-refractivity contribution in [2.75, 3.05) is 11.9 Å². The number of H-pyrrole nitrogens is 1. The van der Waals surface area contributed by atoms with Crippen LogP contribution in [-0.4, -0.2) is 29.5 Å². The van der Waals surface area contributed by atoms with Crippen LogP contribution in [0.5, 0.6) is 0 Å². The molecule has 0 aliphatic heterocycles. The fourth-order valence-corrected chi connectivity index (χ4v) is 2.77. The van der Waals surface area contributed by atoms with Crippen molar-refractivity contribution in [3.05, 3.63) is 64.3 Å². The second kappa shape index (κ2) is 7.43. The number of rotatable bonds is 4. The van der Waals surface area contributed by atoms with Gasteiger partial charge < -0.3 is 15.6 Å². The highest BCUT2D eigenvalue weighted by Crippen LogP contribution is 2.21. The quantitative estimate of drug-likeness (QED) is 0.560. The highest BCUT2D eigenvalue weighted by atomic mass is 79.9. The molecule has 0 aliphatic carbocycles. The maximum atomic E-state index is 12.3. The summed E-state index contributed by atoms with van der Waals surface area (Å²) in [4.78, 5) is 27.0. The average molecular weight is 440 g/mol. The zero-order valence-electron chi connectivity index (χ0n) is 13.7. The summed E-state index contributed by atoms with van der Waals surface area (Å²) in [6.07, 6.45) is -4.47. The number of carbonyl (C=O) groups excluding carboxylic acids is 2. The van der Waals surface area contributed by atoms with Crippen molar-refractivity contribution >= 4 is 44.3 Å². The first-order valence-corrected chi connectivity index (χ1v) is 8.55. The lowest BCUT2D eigenvalue weighted by Gasteiger charge is -2.09. The Morgan fingerprint density at radius 2 is 1.70 bits per heavy atom. The Hall–Kier alpha value is -2.81. The van der Waals surface area contributed by atoms with Crippen LogP contribution in [0.1, 0.15) is 20.8 Å². The molecule has 0 saturated carbocycles. The van der Waals surface area contributed by atoms with Crippen molar-refractivity contribution in [3.63, 3.8) is 0 Å². The molecule has 0 bridgehead atoms. The number of alkyl halides is 3. The lowest BCUT2D eigenvalue weighted by molar-refractivity contribution is -0.123. The minimum absolute atomic E-state index is 0.0627. The van der Waals surface area contributed by atoms with E-state index in [0.29, 0.717) is 11.4 Å². The van der Waals surface area contributed by atoms with Gasteiger partial charge in [-0.25, -0.2) is 0 Å². The number of nitrogens with one attached hydrogen (secondary N) is 3. The molecule has 0 spiro atoms. The highest BCUT2D eigenvalue weighted by molar-refractivity contribution is 9.10. The van der Waals surface area contributed by atoms with Gasteiger partial charge in [-0.3, -0.25) is 9.59 Å². The predicted octanol–water partition coefficient (Wildman–Crippen LogP) is 4.47. The number of carbonyl (C=O) groups is 2. The summed E-state index contributed by atoms with van der Waals surface area (Å²) >= 11 is 3.36. The molecule has 5 nitrogen and oxygen atoms in total. The Labute approximate surface area is 160 Å². The van der Waals surface area contributed by atoms with E-state index in [-0.39, 0.29) is 11.5 Å². The Balaban J connectivity index is 1.66. The zero-order valence-corrected chi connectivity index (χ0v) is 15.2. The van der Waals surface area contributed by atoms with Crippen LogP contribution in [-0.2, 0) is 0 Å². The summed E-state index contributed by atoms with van der Waals surface area (Å²) in [5.74, 6) is -1.22. The largest absolute Gasteiger partial charge is 0.405 e. The summed E-state index contributed by atoms with van der Waals surface area (Å²) in [5, 5.41) is 5.32. The van der Waals surface area contributed by atoms with Crippen LogP contribution in [0, 0.1) is 0 Å². The Bertz CT molecular complexity index is 997. The van der Waals surface area contributed by atoms with E-state index < -0.39 is 18.6 Å². The van der Waals surface area contributed by atoms with Crippen LogP contribution < -0.4 is 10.6 Å². The van der Waals surface area contributed by atoms with Gasteiger partial charge in [0.1, 0.15) is 12.2 Å². The van der Waals surface area contributed by atoms with Gasteiger partial charge >= 0.3 is 6.18 Å². The van der Waals surface area contributed by atoms with E-state index in [9.17, 15) is 22.8 Å². The molecule has 0 saturated heterocycles. The number of aromatic nitrogens is 1. The summed E-state index contributed by atoms with van der Waals surface area (Å²) in [6.45, 7) is -1.40. The van der Waals surface area contributed by atoms with Crippen molar-refractivity contribution in [1.82, 2.24) is 10.3 Å². The maximum absolute atomic E-state index is 12.3. The first-order valence-electron chi connectivity index (χ1n) is 7.76. The van der Waals surface area contributed by atoms with Gasteiger partial charge in [0, 0.05) is 26.6 Å². The first kappa shape index (κ1) is 19.0. The number of halogens is 4. The average Bonchev–Trinajstić information content (AvgIpc) is 3.03. The third kappa shape index (κ3) is 4.88. The van der Waals surface area contributed by atoms with E-state index in [1.165, 1.54) is 24.3 Å². The molecule has 3 aromatic rings. The normalized spacial score (nSPS) is 11.4. The molecule has 0 unspecified atom stereocenters. The number of fused-ring (bicyclic) bond motifs is 1. The summed E-state index contributed by atoms with van der Waals surface area (Å²) in [6, 6.07) is 12.8. The monoisotopic (exact) mass is 439 g/mol. The number of amides is 2. The lowest BCUT2D eigenvalue weighted by atomic mass is 10.2. The lowest BCUT2D eigenvalue weighted by Crippen LogP contribution is -2.33. The topological polar surface area (TPSA) is 74.0 Å². The summed E-state index contributed by atoms with van der Waals surface area (Å²) in [5.41, 5.74) is 1.63. The molecule has 0 fully saturated rings. The van der Waals surface area contributed by atoms with Crippen molar-refractivity contribution in [1.29, 1.82) is 0 Å². The molecule has 3 rings (SSSR count). The predicted molar refractivity (Wildman–Crippen MR) is 98.8 cm³/mol. The number of aromatic amines is 1. The molecule has 1 aromatic heterocycles. The molecule has 3 N–H and O–H groups in total. The molecule has 2 aromatic carbocycles. The standard InChI is InChI=1S/C18H13BrF3N3O2/c19-12-4-1-11-7-15(25-14(11)8-12)17(27)24-13-5-2-10(3-6-13)16(26)23-9-18(20,21)22/h1-8,25H,9H2,(H,23,26)(H,24,27). The molecular weight excluding hydrogens is 427 g/mol. The fourth-order valence-electron chi connectivity index (χ4n) is 2.41. The molecule has 9 heteroatoms. The van der Waals surface area contributed by atoms with Crippen LogP contribution in [0.3, 0.4) is 0 Å². The Morgan fingerprint density at radius 1 is 1.00 bits per heavy atom. The Kier molecular flexibility index (Phi) is 5.22. The molecule has 140 valence electrons. The second-order valence-electron chi connectivity index (χ2n) is 5.74. The number of hydrogen-bond acceptors (Lipinski definition) is 2. The van der Waals surface area contributed by atoms with Crippen LogP contribution in [0.4, 0.5) is 18.9 Å². The van der Waals surface area contributed by atoms with Crippen LogP contribution in [0.25, 0.3) is 10.9 Å². The van der Waals surface area contributed by atoms with Gasteiger partial charge in [0.2, 0.25) is 0 Å². The van der Waals surface area contributed by atoms with Gasteiger partial charge in [-0.1, -0.05) is 22.0 Å². The zero-order chi connectivity index (χ0) is 19.6. The third-order valence-corrected chi connectivity index (χ3v) is 4.18. The van der Waals surface area contributed by atoms with E-state index in [2.05, 4.69) is 26.2 Å². The van der Waals surface area contributed by atoms with Gasteiger partial charge in [-0.05, 0) is 42.5 Å². The number of hydrogen-bond donors (Lipinski definition) is 3. The highest BCUT2D eigenvalue weighted by Gasteiger charge is 2.27. The minimum Gasteiger partial charge on any atom is -0.350 e. The third-order valence-electron chi connectivity index (χ3n) is 3.68. The molecule has 0 radical (unpaired) electrons.